The van der Waals surface area contributed by atoms with Gasteiger partial charge in [0.1, 0.15) is 23.8 Å². The highest BCUT2D eigenvalue weighted by Gasteiger charge is 2.36. The highest BCUT2D eigenvalue weighted by atomic mass is 79.9. The summed E-state index contributed by atoms with van der Waals surface area (Å²) in [7, 11) is 0. The van der Waals surface area contributed by atoms with Crippen LogP contribution in [0.1, 0.15) is 58.2 Å². The van der Waals surface area contributed by atoms with Gasteiger partial charge in [0.15, 0.2) is 0 Å². The van der Waals surface area contributed by atoms with E-state index in [1.807, 2.05) is 13.0 Å². The number of carbonyl (C=O) groups is 1. The van der Waals surface area contributed by atoms with E-state index in [1.54, 1.807) is 53.4 Å². The van der Waals surface area contributed by atoms with Crippen molar-refractivity contribution < 1.29 is 31.9 Å². The molecule has 6 nitrogen and oxygen atoms in total. The molecular formula is C36H33BrF5N3O3. The third kappa shape index (κ3) is 7.19. The number of aryl methyl sites for hydroxylation is 1. The van der Waals surface area contributed by atoms with Crippen molar-refractivity contribution in [1.29, 1.82) is 0 Å². The Labute approximate surface area is 282 Å². The first kappa shape index (κ1) is 33.9. The normalized spacial score (nSPS) is 16.1. The van der Waals surface area contributed by atoms with E-state index >= 15 is 4.39 Å². The zero-order valence-electron chi connectivity index (χ0n) is 26.0. The molecule has 1 saturated carbocycles. The number of aromatic hydroxyl groups is 1. The summed E-state index contributed by atoms with van der Waals surface area (Å²) >= 11 is 3.36. The average Bonchev–Trinajstić information content (AvgIpc) is 3.85. The number of rotatable bonds is 10. The van der Waals surface area contributed by atoms with Crippen LogP contribution in [0.15, 0.2) is 76.1 Å². The van der Waals surface area contributed by atoms with Gasteiger partial charge in [0.2, 0.25) is 5.91 Å². The summed E-state index contributed by atoms with van der Waals surface area (Å²) in [5.74, 6) is -1.18. The Morgan fingerprint density at radius 3 is 2.44 bits per heavy atom. The zero-order chi connectivity index (χ0) is 34.3. The second-order valence-electron chi connectivity index (χ2n) is 12.5. The number of pyridine rings is 1. The molecule has 1 aliphatic carbocycles. The van der Waals surface area contributed by atoms with Gasteiger partial charge in [-0.1, -0.05) is 40.2 Å². The largest absolute Gasteiger partial charge is 0.507 e. The number of amides is 1. The van der Waals surface area contributed by atoms with Crippen molar-refractivity contribution in [3.63, 3.8) is 0 Å². The molecule has 2 fully saturated rings. The fourth-order valence-corrected chi connectivity index (χ4v) is 6.74. The van der Waals surface area contributed by atoms with E-state index in [2.05, 4.69) is 21.2 Å². The van der Waals surface area contributed by atoms with Crippen LogP contribution in [0.25, 0.3) is 11.1 Å². The van der Waals surface area contributed by atoms with E-state index in [-0.39, 0.29) is 55.4 Å². The van der Waals surface area contributed by atoms with Crippen molar-refractivity contribution >= 4 is 21.8 Å². The third-order valence-electron chi connectivity index (χ3n) is 8.96. The second kappa shape index (κ2) is 13.5. The van der Waals surface area contributed by atoms with Crippen LogP contribution in [0, 0.1) is 12.7 Å². The van der Waals surface area contributed by atoms with Crippen LogP contribution in [0.2, 0.25) is 0 Å². The number of alkyl halides is 4. The van der Waals surface area contributed by atoms with Gasteiger partial charge < -0.3 is 10.4 Å². The molecule has 48 heavy (non-hydrogen) atoms. The van der Waals surface area contributed by atoms with Gasteiger partial charge in [-0.3, -0.25) is 19.1 Å². The van der Waals surface area contributed by atoms with Crippen molar-refractivity contribution in [2.75, 3.05) is 19.6 Å². The van der Waals surface area contributed by atoms with E-state index < -0.39 is 41.2 Å². The topological polar surface area (TPSA) is 74.6 Å². The number of benzene rings is 3. The Hall–Kier alpha value is -4.03. The molecule has 4 aromatic rings. The molecule has 6 rings (SSSR count). The Balaban J connectivity index is 1.37. The molecule has 1 aromatic heterocycles. The fraction of sp³-hybridized carbons (Fsp3) is 0.333. The first-order valence-electron chi connectivity index (χ1n) is 15.6. The standard InChI is InChI=1S/C36H33BrF5N3O3/c1-20-4-2-7-30(46)32(20)24-12-25(33(39)28(14-24)21-8-9-21)16-43-35(48)34(22-5-3-6-26(37)13-22)45-17-23(10-11-44-18-27(38)19-44)29(15-31(45)47)36(40,41)42/h2-7,12-15,17,21,27,34,46H,8-11,16,18-19H2,1H3,(H,43,48). The Morgan fingerprint density at radius 1 is 1.06 bits per heavy atom. The maximum atomic E-state index is 15.9. The second-order valence-corrected chi connectivity index (χ2v) is 13.4. The number of carbonyl (C=O) groups excluding carboxylic acids is 1. The zero-order valence-corrected chi connectivity index (χ0v) is 27.5. The Kier molecular flexibility index (Phi) is 9.50. The summed E-state index contributed by atoms with van der Waals surface area (Å²) in [5, 5.41) is 13.4. The Bertz CT molecular complexity index is 1900. The van der Waals surface area contributed by atoms with E-state index in [0.717, 1.165) is 29.2 Å². The number of phenols is 1. The van der Waals surface area contributed by atoms with Crippen LogP contribution in [0.5, 0.6) is 5.75 Å². The minimum absolute atomic E-state index is 0.0103. The monoisotopic (exact) mass is 729 g/mol. The lowest BCUT2D eigenvalue weighted by Gasteiger charge is -2.34. The summed E-state index contributed by atoms with van der Waals surface area (Å²) in [4.78, 5) is 29.0. The van der Waals surface area contributed by atoms with Crippen LogP contribution in [0.3, 0.4) is 0 Å². The van der Waals surface area contributed by atoms with Crippen molar-refractivity contribution in [1.82, 2.24) is 14.8 Å². The average molecular weight is 731 g/mol. The number of aromatic nitrogens is 1. The first-order chi connectivity index (χ1) is 22.8. The molecule has 0 spiro atoms. The number of phenolic OH excluding ortho intramolecular Hbond substituents is 1. The quantitative estimate of drug-likeness (QED) is 0.167. The number of halogens is 6. The maximum Gasteiger partial charge on any atom is 0.416 e. The van der Waals surface area contributed by atoms with E-state index in [0.29, 0.717) is 32.8 Å². The molecule has 1 amide bonds. The molecule has 0 radical (unpaired) electrons. The van der Waals surface area contributed by atoms with E-state index in [1.165, 1.54) is 0 Å². The first-order valence-corrected chi connectivity index (χ1v) is 16.4. The molecule has 12 heteroatoms. The number of nitrogens with zero attached hydrogens (tertiary/aromatic N) is 2. The van der Waals surface area contributed by atoms with Crippen LogP contribution < -0.4 is 10.9 Å². The Morgan fingerprint density at radius 2 is 1.79 bits per heavy atom. The predicted molar refractivity (Wildman–Crippen MR) is 175 cm³/mol. The van der Waals surface area contributed by atoms with E-state index in [4.69, 9.17) is 0 Å². The van der Waals surface area contributed by atoms with Crippen LogP contribution in [-0.4, -0.2) is 46.3 Å². The van der Waals surface area contributed by atoms with Crippen molar-refractivity contribution in [3.05, 3.63) is 121 Å². The predicted octanol–water partition coefficient (Wildman–Crippen LogP) is 7.43. The van der Waals surface area contributed by atoms with Crippen LogP contribution >= 0.6 is 15.9 Å². The smallest absolute Gasteiger partial charge is 0.416 e. The lowest BCUT2D eigenvalue weighted by molar-refractivity contribution is -0.138. The van der Waals surface area contributed by atoms with Crippen molar-refractivity contribution in [2.24, 2.45) is 0 Å². The summed E-state index contributed by atoms with van der Waals surface area (Å²) in [6.07, 6.45) is -3.31. The third-order valence-corrected chi connectivity index (χ3v) is 9.45. The van der Waals surface area contributed by atoms with Crippen molar-refractivity contribution in [2.45, 2.75) is 57.0 Å². The number of hydrogen-bond acceptors (Lipinski definition) is 4. The summed E-state index contributed by atoms with van der Waals surface area (Å²) < 4.78 is 73.0. The summed E-state index contributed by atoms with van der Waals surface area (Å²) in [5.41, 5.74) is 0.517. The van der Waals surface area contributed by atoms with Gasteiger partial charge in [-0.15, -0.1) is 0 Å². The SMILES string of the molecule is Cc1cccc(O)c1-c1cc(CNC(=O)C(c2cccc(Br)c2)n2cc(CCN3CC(F)C3)c(C(F)(F)F)cc2=O)c(F)c(C2CC2)c1. The number of likely N-dealkylation sites (tertiary alicyclic amines) is 1. The van der Waals surface area contributed by atoms with Crippen molar-refractivity contribution in [3.8, 4) is 16.9 Å². The molecule has 252 valence electrons. The molecular weight excluding hydrogens is 697 g/mol. The maximum absolute atomic E-state index is 15.9. The molecule has 0 bridgehead atoms. The van der Waals surface area contributed by atoms with Gasteiger partial charge in [-0.2, -0.15) is 13.2 Å². The van der Waals surface area contributed by atoms with Gasteiger partial charge in [0, 0.05) is 54.0 Å². The van der Waals surface area contributed by atoms with E-state index in [9.17, 15) is 32.3 Å². The number of nitrogens with one attached hydrogen (secondary N) is 1. The fourth-order valence-electron chi connectivity index (χ4n) is 6.32. The molecule has 1 atom stereocenters. The molecule has 1 saturated heterocycles. The minimum atomic E-state index is -4.83. The van der Waals surface area contributed by atoms with Gasteiger partial charge >= 0.3 is 6.18 Å². The molecule has 1 unspecified atom stereocenters. The van der Waals surface area contributed by atoms with Gasteiger partial charge in [0.05, 0.1) is 5.56 Å². The molecule has 3 aromatic carbocycles. The number of hydrogen-bond donors (Lipinski definition) is 2. The highest BCUT2D eigenvalue weighted by Crippen LogP contribution is 2.44. The minimum Gasteiger partial charge on any atom is -0.507 e. The lowest BCUT2D eigenvalue weighted by Crippen LogP contribution is -2.49. The van der Waals surface area contributed by atoms with Gasteiger partial charge in [0.25, 0.3) is 5.56 Å². The van der Waals surface area contributed by atoms with Crippen LogP contribution in [0.4, 0.5) is 22.0 Å². The lowest BCUT2D eigenvalue weighted by atomic mass is 9.93. The highest BCUT2D eigenvalue weighted by molar-refractivity contribution is 9.10. The molecule has 2 heterocycles. The van der Waals surface area contributed by atoms with Gasteiger partial charge in [-0.25, -0.2) is 8.78 Å². The summed E-state index contributed by atoms with van der Waals surface area (Å²) in [6.45, 7) is 1.93. The molecule has 1 aliphatic heterocycles. The molecule has 2 N–H and O–H groups in total. The van der Waals surface area contributed by atoms with Gasteiger partial charge in [-0.05, 0) is 90.3 Å². The molecule has 2 aliphatic rings. The van der Waals surface area contributed by atoms with Crippen LogP contribution in [-0.2, 0) is 23.9 Å². The summed E-state index contributed by atoms with van der Waals surface area (Å²) in [6, 6.07) is 14.0.